The maximum Gasteiger partial charge on any atom is 0.369 e. The van der Waals surface area contributed by atoms with Crippen molar-refractivity contribution in [2.45, 2.75) is 6.61 Å². The molecule has 0 radical (unpaired) electrons. The summed E-state index contributed by atoms with van der Waals surface area (Å²) in [7, 11) is 1.49. The predicted molar refractivity (Wildman–Crippen MR) is 76.3 cm³/mol. The smallest absolute Gasteiger partial charge is 0.369 e. The molecule has 21 heavy (non-hydrogen) atoms. The molecule has 11 heteroatoms. The van der Waals surface area contributed by atoms with Crippen LogP contribution in [0.1, 0.15) is 6.93 Å². The lowest BCUT2D eigenvalue weighted by Crippen LogP contribution is -2.24. The molecule has 0 atom stereocenters. The molecule has 0 aromatic carbocycles. The standard InChI is InChI=1S/C10H8BrN7O2S/c1-17-10(19)18(16-15-17)8-6(7(11)13-5-14-8)4-20-9-12-2-3-21-9/h2-3,5H,4H2,1H3/i2T. The zero-order valence-electron chi connectivity index (χ0n) is 11.6. The Labute approximate surface area is 131 Å². The summed E-state index contributed by atoms with van der Waals surface area (Å²) >= 11 is 4.51. The van der Waals surface area contributed by atoms with Crippen molar-refractivity contribution in [2.24, 2.45) is 7.05 Å². The molecule has 0 aliphatic heterocycles. The maximum absolute atomic E-state index is 12.0. The number of ether oxygens (including phenoxy) is 1. The van der Waals surface area contributed by atoms with Crippen molar-refractivity contribution in [3.63, 3.8) is 0 Å². The number of tetrazole rings is 1. The first-order valence-corrected chi connectivity index (χ1v) is 7.27. The number of halogens is 1. The van der Waals surface area contributed by atoms with Gasteiger partial charge >= 0.3 is 5.69 Å². The van der Waals surface area contributed by atoms with E-state index >= 15 is 0 Å². The third-order valence-electron chi connectivity index (χ3n) is 2.50. The summed E-state index contributed by atoms with van der Waals surface area (Å²) in [6.45, 7) is 0.0622. The molecule has 9 nitrogen and oxygen atoms in total. The van der Waals surface area contributed by atoms with Gasteiger partial charge in [0.25, 0.3) is 5.19 Å². The average Bonchev–Trinajstić information content (AvgIpc) is 3.05. The highest BCUT2D eigenvalue weighted by atomic mass is 79.9. The molecule has 3 aromatic heterocycles. The Morgan fingerprint density at radius 1 is 1.43 bits per heavy atom. The van der Waals surface area contributed by atoms with E-state index in [1.807, 2.05) is 0 Å². The van der Waals surface area contributed by atoms with Gasteiger partial charge in [-0.05, 0) is 26.4 Å². The molecule has 3 rings (SSSR count). The summed E-state index contributed by atoms with van der Waals surface area (Å²) in [5.74, 6) is 0.266. The van der Waals surface area contributed by atoms with Gasteiger partial charge in [-0.2, -0.15) is 4.68 Å². The van der Waals surface area contributed by atoms with Crippen LogP contribution < -0.4 is 10.4 Å². The van der Waals surface area contributed by atoms with Crippen molar-refractivity contribution in [1.29, 1.82) is 0 Å². The molecular weight excluding hydrogens is 362 g/mol. The molecule has 0 aliphatic rings. The molecule has 0 unspecified atom stereocenters. The predicted octanol–water partition coefficient (Wildman–Crippen LogP) is 0.554. The van der Waals surface area contributed by atoms with Crippen LogP contribution in [0.3, 0.4) is 0 Å². The zero-order chi connectivity index (χ0) is 15.7. The molecule has 0 N–H and O–H groups in total. The van der Waals surface area contributed by atoms with E-state index in [2.05, 4.69) is 41.3 Å². The monoisotopic (exact) mass is 371 g/mol. The fraction of sp³-hybridized carbons (Fsp3) is 0.200. The summed E-state index contributed by atoms with van der Waals surface area (Å²) in [4.78, 5) is 23.9. The Morgan fingerprint density at radius 2 is 2.29 bits per heavy atom. The van der Waals surface area contributed by atoms with Crippen molar-refractivity contribution < 1.29 is 6.11 Å². The Bertz CT molecular complexity index is 876. The van der Waals surface area contributed by atoms with Gasteiger partial charge in [0.15, 0.2) is 5.82 Å². The van der Waals surface area contributed by atoms with Crippen molar-refractivity contribution in [1.82, 2.24) is 34.7 Å². The molecule has 0 saturated carbocycles. The van der Waals surface area contributed by atoms with Crippen LogP contribution in [-0.2, 0) is 13.7 Å². The SMILES string of the molecule is [3H]c1csc(OCc2c(Br)ncnc2-n2nnn(C)c2=O)n1. The van der Waals surface area contributed by atoms with E-state index < -0.39 is 5.69 Å². The largest absolute Gasteiger partial charge is 0.465 e. The maximum atomic E-state index is 12.0. The minimum absolute atomic E-state index is 0.0622. The highest BCUT2D eigenvalue weighted by Crippen LogP contribution is 2.21. The van der Waals surface area contributed by atoms with Gasteiger partial charge in [0.05, 0.1) is 6.93 Å². The first-order valence-electron chi connectivity index (χ1n) is 6.10. The fourth-order valence-electron chi connectivity index (χ4n) is 1.52. The molecule has 3 aromatic rings. The number of hydrogen-bond donors (Lipinski definition) is 0. The minimum Gasteiger partial charge on any atom is -0.465 e. The first-order chi connectivity index (χ1) is 10.6. The quantitative estimate of drug-likeness (QED) is 0.617. The third-order valence-corrected chi connectivity index (χ3v) is 3.82. The molecule has 0 aliphatic carbocycles. The van der Waals surface area contributed by atoms with E-state index in [0.717, 1.165) is 9.36 Å². The highest BCUT2D eigenvalue weighted by molar-refractivity contribution is 9.10. The molecule has 0 spiro atoms. The third kappa shape index (κ3) is 2.69. The van der Waals surface area contributed by atoms with Crippen LogP contribution in [-0.4, -0.2) is 34.7 Å². The molecule has 0 saturated heterocycles. The van der Waals surface area contributed by atoms with Gasteiger partial charge in [0, 0.05) is 18.6 Å². The topological polar surface area (TPSA) is 101 Å². The minimum atomic E-state index is -0.436. The second kappa shape index (κ2) is 5.69. The molecule has 108 valence electrons. The van der Waals surface area contributed by atoms with Crippen LogP contribution in [0.2, 0.25) is 0 Å². The van der Waals surface area contributed by atoms with Crippen molar-refractivity contribution in [3.05, 3.63) is 38.5 Å². The second-order valence-corrected chi connectivity index (χ2v) is 5.37. The van der Waals surface area contributed by atoms with Crippen LogP contribution in [0.4, 0.5) is 0 Å². The highest BCUT2D eigenvalue weighted by Gasteiger charge is 2.17. The van der Waals surface area contributed by atoms with Gasteiger partial charge in [-0.25, -0.2) is 19.7 Å². The van der Waals surface area contributed by atoms with Gasteiger partial charge in [-0.3, -0.25) is 0 Å². The number of thiazole rings is 1. The lowest BCUT2D eigenvalue weighted by Gasteiger charge is -2.08. The zero-order valence-corrected chi connectivity index (χ0v) is 13.0. The van der Waals surface area contributed by atoms with E-state index in [4.69, 9.17) is 6.11 Å². The molecule has 3 heterocycles. The number of aromatic nitrogens is 7. The van der Waals surface area contributed by atoms with Crippen molar-refractivity contribution in [2.75, 3.05) is 0 Å². The Kier molecular flexibility index (Phi) is 3.41. The lowest BCUT2D eigenvalue weighted by atomic mass is 10.3. The van der Waals surface area contributed by atoms with Crippen LogP contribution in [0.15, 0.2) is 27.3 Å². The van der Waals surface area contributed by atoms with E-state index in [-0.39, 0.29) is 18.6 Å². The number of nitrogens with zero attached hydrogens (tertiary/aromatic N) is 7. The molecule has 0 bridgehead atoms. The molecule has 0 amide bonds. The van der Waals surface area contributed by atoms with E-state index in [1.165, 1.54) is 24.7 Å². The van der Waals surface area contributed by atoms with Gasteiger partial charge in [0.1, 0.15) is 17.5 Å². The Morgan fingerprint density at radius 3 is 2.95 bits per heavy atom. The van der Waals surface area contributed by atoms with E-state index in [1.54, 1.807) is 5.38 Å². The van der Waals surface area contributed by atoms with Gasteiger partial charge < -0.3 is 4.74 Å². The number of hydrogen-bond acceptors (Lipinski definition) is 8. The summed E-state index contributed by atoms with van der Waals surface area (Å²) < 4.78 is 15.5. The summed E-state index contributed by atoms with van der Waals surface area (Å²) in [5.41, 5.74) is 0.0846. The first kappa shape index (κ1) is 12.6. The molecule has 0 fully saturated rings. The average molecular weight is 372 g/mol. The Balaban J connectivity index is 1.96. The van der Waals surface area contributed by atoms with Crippen LogP contribution in [0.5, 0.6) is 5.19 Å². The van der Waals surface area contributed by atoms with E-state index in [9.17, 15) is 4.79 Å². The summed E-state index contributed by atoms with van der Waals surface area (Å²) in [6.07, 6.45) is 1.43. The van der Waals surface area contributed by atoms with E-state index in [0.29, 0.717) is 15.4 Å². The van der Waals surface area contributed by atoms with Crippen LogP contribution >= 0.6 is 27.3 Å². The van der Waals surface area contributed by atoms with Crippen LogP contribution in [0.25, 0.3) is 5.82 Å². The Hall–Kier alpha value is -2.14. The normalized spacial score (nSPS) is 11.4. The van der Waals surface area contributed by atoms with Crippen molar-refractivity contribution >= 4 is 27.3 Å². The van der Waals surface area contributed by atoms with Gasteiger partial charge in [-0.1, -0.05) is 11.3 Å². The summed E-state index contributed by atoms with van der Waals surface area (Å²) in [6, 6.07) is 0. The van der Waals surface area contributed by atoms with Crippen LogP contribution in [0, 0.1) is 0 Å². The van der Waals surface area contributed by atoms with Gasteiger partial charge in [-0.15, -0.1) is 4.68 Å². The second-order valence-electron chi connectivity index (χ2n) is 3.79. The summed E-state index contributed by atoms with van der Waals surface area (Å²) in [5, 5.41) is 9.31. The molecular formula is C10H8BrN7O2S. The number of rotatable bonds is 4. The number of aryl methyl sites for hydroxylation is 1. The lowest BCUT2D eigenvalue weighted by molar-refractivity contribution is 0.302. The fourth-order valence-corrected chi connectivity index (χ4v) is 2.34. The van der Waals surface area contributed by atoms with Crippen molar-refractivity contribution in [3.8, 4) is 11.0 Å². The van der Waals surface area contributed by atoms with Gasteiger partial charge in [0.2, 0.25) is 0 Å².